The lowest BCUT2D eigenvalue weighted by molar-refractivity contribution is 0.423. The number of nitrogens with zero attached hydrogens (tertiary/aromatic N) is 1. The molecular weight excluding hydrogens is 277 g/mol. The highest BCUT2D eigenvalue weighted by molar-refractivity contribution is 7.89. The molecule has 3 nitrogen and oxygen atoms in total. The topological polar surface area (TPSA) is 37.4 Å². The van der Waals surface area contributed by atoms with Gasteiger partial charge in [-0.15, -0.1) is 0 Å². The number of halogens is 2. The van der Waals surface area contributed by atoms with Crippen LogP contribution >= 0.6 is 11.6 Å². The molecule has 0 N–H and O–H groups in total. The van der Waals surface area contributed by atoms with Crippen molar-refractivity contribution in [3.8, 4) is 0 Å². The zero-order valence-electron chi connectivity index (χ0n) is 9.90. The molecule has 1 heterocycles. The van der Waals surface area contributed by atoms with Gasteiger partial charge in [0.15, 0.2) is 0 Å². The highest BCUT2D eigenvalue weighted by Crippen LogP contribution is 2.24. The van der Waals surface area contributed by atoms with Crippen LogP contribution in [0.1, 0.15) is 25.7 Å². The van der Waals surface area contributed by atoms with E-state index in [-0.39, 0.29) is 9.92 Å². The molecule has 0 bridgehead atoms. The predicted molar refractivity (Wildman–Crippen MR) is 68.6 cm³/mol. The molecule has 0 radical (unpaired) electrons. The third-order valence-electron chi connectivity index (χ3n) is 3.09. The average Bonchev–Trinajstić information content (AvgIpc) is 2.61. The van der Waals surface area contributed by atoms with Crippen molar-refractivity contribution in [1.29, 1.82) is 0 Å². The number of benzene rings is 1. The van der Waals surface area contributed by atoms with Crippen LogP contribution in [0.15, 0.2) is 23.1 Å². The van der Waals surface area contributed by atoms with E-state index in [4.69, 9.17) is 11.6 Å². The number of hydrogen-bond acceptors (Lipinski definition) is 2. The van der Waals surface area contributed by atoms with Gasteiger partial charge in [-0.1, -0.05) is 24.4 Å². The van der Waals surface area contributed by atoms with Crippen molar-refractivity contribution < 1.29 is 12.8 Å². The third kappa shape index (κ3) is 2.84. The van der Waals surface area contributed by atoms with Gasteiger partial charge in [0, 0.05) is 13.1 Å². The van der Waals surface area contributed by atoms with Crippen molar-refractivity contribution in [3.63, 3.8) is 0 Å². The van der Waals surface area contributed by atoms with E-state index in [2.05, 4.69) is 0 Å². The maximum Gasteiger partial charge on any atom is 0.243 e. The van der Waals surface area contributed by atoms with E-state index in [1.807, 2.05) is 0 Å². The molecule has 2 rings (SSSR count). The second kappa shape index (κ2) is 5.55. The zero-order valence-corrected chi connectivity index (χ0v) is 11.5. The summed E-state index contributed by atoms with van der Waals surface area (Å²) in [5, 5.41) is -0.161. The molecule has 100 valence electrons. The first kappa shape index (κ1) is 13.8. The van der Waals surface area contributed by atoms with E-state index < -0.39 is 15.8 Å². The van der Waals surface area contributed by atoms with Gasteiger partial charge in [0.2, 0.25) is 10.0 Å². The molecule has 18 heavy (non-hydrogen) atoms. The van der Waals surface area contributed by atoms with Gasteiger partial charge in [-0.2, -0.15) is 4.31 Å². The van der Waals surface area contributed by atoms with Crippen molar-refractivity contribution in [2.24, 2.45) is 0 Å². The molecule has 1 fully saturated rings. The Morgan fingerprint density at radius 1 is 1.11 bits per heavy atom. The molecule has 0 atom stereocenters. The number of hydrogen-bond donors (Lipinski definition) is 0. The van der Waals surface area contributed by atoms with Gasteiger partial charge in [0.25, 0.3) is 0 Å². The minimum atomic E-state index is -3.54. The summed E-state index contributed by atoms with van der Waals surface area (Å²) in [4.78, 5) is 0.0656. The SMILES string of the molecule is O=S(=O)(c1ccc(F)c(Cl)c1)N1CCCCCC1. The molecule has 1 aliphatic heterocycles. The standard InChI is InChI=1S/C12H15ClFNO2S/c13-11-9-10(5-6-12(11)14)18(16,17)15-7-3-1-2-4-8-15/h5-6,9H,1-4,7-8H2. The summed E-state index contributed by atoms with van der Waals surface area (Å²) in [6.07, 6.45) is 3.84. The first-order chi connectivity index (χ1) is 8.51. The zero-order chi connectivity index (χ0) is 13.2. The Morgan fingerprint density at radius 2 is 1.72 bits per heavy atom. The van der Waals surface area contributed by atoms with Crippen LogP contribution in [-0.4, -0.2) is 25.8 Å². The largest absolute Gasteiger partial charge is 0.243 e. The van der Waals surface area contributed by atoms with Crippen molar-refractivity contribution in [3.05, 3.63) is 29.0 Å². The molecule has 0 amide bonds. The lowest BCUT2D eigenvalue weighted by Gasteiger charge is -2.20. The molecule has 1 saturated heterocycles. The summed E-state index contributed by atoms with van der Waals surface area (Å²) in [6.45, 7) is 1.05. The summed E-state index contributed by atoms with van der Waals surface area (Å²) >= 11 is 5.63. The Labute approximate surface area is 112 Å². The van der Waals surface area contributed by atoms with Crippen LogP contribution in [0.5, 0.6) is 0 Å². The fourth-order valence-electron chi connectivity index (χ4n) is 2.07. The fraction of sp³-hybridized carbons (Fsp3) is 0.500. The highest BCUT2D eigenvalue weighted by atomic mass is 35.5. The lowest BCUT2D eigenvalue weighted by Crippen LogP contribution is -2.31. The van der Waals surface area contributed by atoms with Crippen molar-refractivity contribution in [2.75, 3.05) is 13.1 Å². The van der Waals surface area contributed by atoms with E-state index in [0.29, 0.717) is 13.1 Å². The lowest BCUT2D eigenvalue weighted by atomic mass is 10.2. The smallest absolute Gasteiger partial charge is 0.207 e. The fourth-order valence-corrected chi connectivity index (χ4v) is 3.86. The average molecular weight is 292 g/mol. The van der Waals surface area contributed by atoms with Crippen molar-refractivity contribution in [1.82, 2.24) is 4.31 Å². The molecular formula is C12H15ClFNO2S. The minimum Gasteiger partial charge on any atom is -0.207 e. The van der Waals surface area contributed by atoms with Crippen LogP contribution in [0.3, 0.4) is 0 Å². The molecule has 6 heteroatoms. The first-order valence-electron chi connectivity index (χ1n) is 5.97. The second-order valence-corrected chi connectivity index (χ2v) is 6.74. The van der Waals surface area contributed by atoms with Crippen LogP contribution in [-0.2, 0) is 10.0 Å². The number of rotatable bonds is 2. The van der Waals surface area contributed by atoms with Gasteiger partial charge in [-0.25, -0.2) is 12.8 Å². The maximum atomic E-state index is 13.1. The van der Waals surface area contributed by atoms with Crippen LogP contribution in [0.4, 0.5) is 4.39 Å². The summed E-state index contributed by atoms with van der Waals surface area (Å²) in [5.74, 6) is -0.605. The van der Waals surface area contributed by atoms with Gasteiger partial charge in [-0.3, -0.25) is 0 Å². The van der Waals surface area contributed by atoms with E-state index in [1.165, 1.54) is 16.4 Å². The predicted octanol–water partition coefficient (Wildman–Crippen LogP) is 3.04. The van der Waals surface area contributed by atoms with Gasteiger partial charge in [-0.05, 0) is 31.0 Å². The van der Waals surface area contributed by atoms with E-state index in [1.54, 1.807) is 0 Å². The first-order valence-corrected chi connectivity index (χ1v) is 7.79. The Balaban J connectivity index is 2.31. The molecule has 0 saturated carbocycles. The molecule has 1 aliphatic rings. The molecule has 0 aromatic heterocycles. The Kier molecular flexibility index (Phi) is 4.25. The third-order valence-corrected chi connectivity index (χ3v) is 5.28. The summed E-state index contributed by atoms with van der Waals surface area (Å²) in [7, 11) is -3.54. The molecule has 1 aromatic carbocycles. The van der Waals surface area contributed by atoms with Gasteiger partial charge in [0.1, 0.15) is 5.82 Å². The van der Waals surface area contributed by atoms with Gasteiger partial charge < -0.3 is 0 Å². The summed E-state index contributed by atoms with van der Waals surface area (Å²) in [6, 6.07) is 3.53. The van der Waals surface area contributed by atoms with Crippen LogP contribution in [0.25, 0.3) is 0 Å². The Bertz CT molecular complexity index is 525. The molecule has 0 aliphatic carbocycles. The monoisotopic (exact) mass is 291 g/mol. The maximum absolute atomic E-state index is 13.1. The van der Waals surface area contributed by atoms with Gasteiger partial charge >= 0.3 is 0 Å². The van der Waals surface area contributed by atoms with E-state index in [9.17, 15) is 12.8 Å². The normalized spacial score (nSPS) is 18.6. The van der Waals surface area contributed by atoms with Crippen LogP contribution in [0, 0.1) is 5.82 Å². The van der Waals surface area contributed by atoms with E-state index in [0.717, 1.165) is 31.7 Å². The van der Waals surface area contributed by atoms with Crippen molar-refractivity contribution >= 4 is 21.6 Å². The van der Waals surface area contributed by atoms with Crippen molar-refractivity contribution in [2.45, 2.75) is 30.6 Å². The quantitative estimate of drug-likeness (QED) is 0.840. The van der Waals surface area contributed by atoms with E-state index >= 15 is 0 Å². The Hall–Kier alpha value is -0.650. The minimum absolute atomic E-state index is 0.0656. The van der Waals surface area contributed by atoms with Crippen LogP contribution < -0.4 is 0 Å². The molecule has 1 aromatic rings. The summed E-state index contributed by atoms with van der Waals surface area (Å²) < 4.78 is 39.2. The van der Waals surface area contributed by atoms with Gasteiger partial charge in [0.05, 0.1) is 9.92 Å². The highest BCUT2D eigenvalue weighted by Gasteiger charge is 2.25. The molecule has 0 spiro atoms. The second-order valence-electron chi connectivity index (χ2n) is 4.39. The molecule has 0 unspecified atom stereocenters. The summed E-state index contributed by atoms with van der Waals surface area (Å²) in [5.41, 5.74) is 0. The number of sulfonamides is 1. The van der Waals surface area contributed by atoms with Crippen LogP contribution in [0.2, 0.25) is 5.02 Å². The Morgan fingerprint density at radius 3 is 2.28 bits per heavy atom.